The van der Waals surface area contributed by atoms with Crippen molar-refractivity contribution in [2.24, 2.45) is 0 Å². The van der Waals surface area contributed by atoms with E-state index in [1.54, 1.807) is 18.2 Å². The Balaban J connectivity index is 2.34. The zero-order chi connectivity index (χ0) is 13.1. The first-order valence-corrected chi connectivity index (χ1v) is 5.17. The molecule has 0 bridgehead atoms. The number of aromatic nitrogens is 1. The Labute approximate surface area is 104 Å². The molecule has 2 rings (SSSR count). The minimum atomic E-state index is -0.317. The molecule has 1 heterocycles. The van der Waals surface area contributed by atoms with Gasteiger partial charge in [-0.25, -0.2) is 0 Å². The quantitative estimate of drug-likeness (QED) is 0.701. The highest BCUT2D eigenvalue weighted by Gasteiger charge is 2.06. The van der Waals surface area contributed by atoms with Gasteiger partial charge in [0.2, 0.25) is 0 Å². The lowest BCUT2D eigenvalue weighted by molar-refractivity contribution is 0.0968. The monoisotopic (exact) mass is 243 g/mol. The number of nitrogens with zero attached hydrogens (tertiary/aromatic N) is 1. The Morgan fingerprint density at radius 1 is 1.17 bits per heavy atom. The van der Waals surface area contributed by atoms with E-state index in [1.807, 2.05) is 0 Å². The van der Waals surface area contributed by atoms with Gasteiger partial charge in [0.1, 0.15) is 0 Å². The summed E-state index contributed by atoms with van der Waals surface area (Å²) < 4.78 is 0. The highest BCUT2D eigenvalue weighted by Crippen LogP contribution is 2.29. The molecule has 0 saturated heterocycles. The van der Waals surface area contributed by atoms with Crippen molar-refractivity contribution in [1.82, 2.24) is 10.3 Å². The van der Waals surface area contributed by atoms with Gasteiger partial charge in [-0.05, 0) is 30.3 Å². The molecule has 0 saturated carbocycles. The number of carbonyl (C=O) groups excluding carboxylic acids is 1. The summed E-state index contributed by atoms with van der Waals surface area (Å²) >= 11 is 0. The van der Waals surface area contributed by atoms with Crippen LogP contribution in [0, 0.1) is 7.05 Å². The van der Waals surface area contributed by atoms with Crippen molar-refractivity contribution in [2.75, 3.05) is 0 Å². The van der Waals surface area contributed by atoms with Crippen LogP contribution in [0.15, 0.2) is 36.5 Å². The largest absolute Gasteiger partial charge is 0.504 e. The Morgan fingerprint density at radius 3 is 2.50 bits per heavy atom. The zero-order valence-electron chi connectivity index (χ0n) is 9.42. The average molecular weight is 243 g/mol. The van der Waals surface area contributed by atoms with E-state index in [0.717, 1.165) is 0 Å². The van der Waals surface area contributed by atoms with E-state index in [2.05, 4.69) is 17.3 Å². The van der Waals surface area contributed by atoms with E-state index in [-0.39, 0.29) is 17.4 Å². The molecular formula is C13H11N2O3. The number of phenols is 2. The predicted octanol–water partition coefficient (Wildman–Crippen LogP) is 1.68. The molecule has 0 aliphatic heterocycles. The third-order valence-electron chi connectivity index (χ3n) is 2.46. The highest BCUT2D eigenvalue weighted by atomic mass is 16.3. The number of rotatable bonds is 2. The van der Waals surface area contributed by atoms with Crippen molar-refractivity contribution < 1.29 is 15.0 Å². The molecule has 91 valence electrons. The van der Waals surface area contributed by atoms with Gasteiger partial charge in [-0.1, -0.05) is 0 Å². The Bertz CT molecular complexity index is 579. The van der Waals surface area contributed by atoms with Gasteiger partial charge in [0.15, 0.2) is 11.5 Å². The summed E-state index contributed by atoms with van der Waals surface area (Å²) in [6.07, 6.45) is 1.42. The maximum Gasteiger partial charge on any atom is 0.252 e. The minimum absolute atomic E-state index is 0.188. The zero-order valence-corrected chi connectivity index (χ0v) is 9.42. The van der Waals surface area contributed by atoms with Crippen LogP contribution in [-0.2, 0) is 0 Å². The maximum atomic E-state index is 11.3. The number of pyridine rings is 1. The van der Waals surface area contributed by atoms with E-state index < -0.39 is 0 Å². The number of carbonyl (C=O) groups is 1. The van der Waals surface area contributed by atoms with Gasteiger partial charge in [0.05, 0.1) is 11.3 Å². The van der Waals surface area contributed by atoms with Gasteiger partial charge in [0.25, 0.3) is 5.91 Å². The normalized spacial score (nSPS) is 10.1. The number of hydrogen-bond donors (Lipinski definition) is 3. The molecule has 0 aliphatic rings. The summed E-state index contributed by atoms with van der Waals surface area (Å²) in [6.45, 7) is 0. The standard InChI is InChI=1S/C13H11N2O3/c1-14-13(18)9-2-4-10(15-7-9)8-3-5-11(16)12(17)6-8/h2-7,16-17H,1H2,(H,14,18). The van der Waals surface area contributed by atoms with Gasteiger partial charge in [-0.3, -0.25) is 9.78 Å². The van der Waals surface area contributed by atoms with Crippen molar-refractivity contribution in [1.29, 1.82) is 0 Å². The first-order chi connectivity index (χ1) is 8.61. The molecule has 1 aromatic heterocycles. The summed E-state index contributed by atoms with van der Waals surface area (Å²) in [5.41, 5.74) is 1.63. The van der Waals surface area contributed by atoms with E-state index in [9.17, 15) is 15.0 Å². The van der Waals surface area contributed by atoms with E-state index in [0.29, 0.717) is 16.8 Å². The van der Waals surface area contributed by atoms with Crippen LogP contribution < -0.4 is 5.32 Å². The molecule has 1 radical (unpaired) electrons. The Hall–Kier alpha value is -2.56. The number of amides is 1. The summed E-state index contributed by atoms with van der Waals surface area (Å²) in [6, 6.07) is 7.66. The van der Waals surface area contributed by atoms with Gasteiger partial charge in [-0.2, -0.15) is 0 Å². The summed E-state index contributed by atoms with van der Waals surface area (Å²) in [4.78, 5) is 15.4. The molecule has 5 heteroatoms. The van der Waals surface area contributed by atoms with Crippen molar-refractivity contribution >= 4 is 5.91 Å². The van der Waals surface area contributed by atoms with Crippen LogP contribution in [0.25, 0.3) is 11.3 Å². The van der Waals surface area contributed by atoms with Crippen LogP contribution >= 0.6 is 0 Å². The molecule has 0 unspecified atom stereocenters. The van der Waals surface area contributed by atoms with Gasteiger partial charge in [0, 0.05) is 18.8 Å². The summed E-state index contributed by atoms with van der Waals surface area (Å²) in [5, 5.41) is 20.9. The Kier molecular flexibility index (Phi) is 3.14. The van der Waals surface area contributed by atoms with Gasteiger partial charge >= 0.3 is 0 Å². The average Bonchev–Trinajstić information content (AvgIpc) is 2.41. The van der Waals surface area contributed by atoms with Gasteiger partial charge in [-0.15, -0.1) is 0 Å². The van der Waals surface area contributed by atoms with Crippen LogP contribution in [0.5, 0.6) is 11.5 Å². The first-order valence-electron chi connectivity index (χ1n) is 5.17. The molecule has 18 heavy (non-hydrogen) atoms. The molecular weight excluding hydrogens is 232 g/mol. The topological polar surface area (TPSA) is 82.5 Å². The predicted molar refractivity (Wildman–Crippen MR) is 65.8 cm³/mol. The second-order valence-corrected chi connectivity index (χ2v) is 3.64. The fourth-order valence-corrected chi connectivity index (χ4v) is 1.48. The lowest BCUT2D eigenvalue weighted by atomic mass is 10.1. The number of benzene rings is 1. The molecule has 3 N–H and O–H groups in total. The number of aromatic hydroxyl groups is 2. The fourth-order valence-electron chi connectivity index (χ4n) is 1.48. The molecule has 5 nitrogen and oxygen atoms in total. The SMILES string of the molecule is [CH2]NC(=O)c1ccc(-c2ccc(O)c(O)c2)nc1. The lowest BCUT2D eigenvalue weighted by Gasteiger charge is -2.04. The lowest BCUT2D eigenvalue weighted by Crippen LogP contribution is -2.15. The molecule has 0 aliphatic carbocycles. The van der Waals surface area contributed by atoms with E-state index >= 15 is 0 Å². The van der Waals surface area contributed by atoms with Crippen molar-refractivity contribution in [3.05, 3.63) is 49.1 Å². The first kappa shape index (κ1) is 11.9. The van der Waals surface area contributed by atoms with E-state index in [4.69, 9.17) is 0 Å². The summed E-state index contributed by atoms with van der Waals surface area (Å²) in [5.74, 6) is -0.719. The van der Waals surface area contributed by atoms with Crippen LogP contribution in [0.3, 0.4) is 0 Å². The molecule has 2 aromatic rings. The molecule has 1 amide bonds. The maximum absolute atomic E-state index is 11.3. The van der Waals surface area contributed by atoms with E-state index in [1.165, 1.54) is 18.3 Å². The number of phenolic OH excluding ortho intramolecular Hbond substituents is 2. The second-order valence-electron chi connectivity index (χ2n) is 3.64. The third-order valence-corrected chi connectivity index (χ3v) is 2.46. The highest BCUT2D eigenvalue weighted by molar-refractivity contribution is 5.94. The third kappa shape index (κ3) is 2.24. The van der Waals surface area contributed by atoms with Gasteiger partial charge < -0.3 is 15.5 Å². The molecule has 0 atom stereocenters. The molecule has 1 aromatic carbocycles. The van der Waals surface area contributed by atoms with Crippen molar-refractivity contribution in [3.63, 3.8) is 0 Å². The smallest absolute Gasteiger partial charge is 0.252 e. The number of hydrogen-bond acceptors (Lipinski definition) is 4. The Morgan fingerprint density at radius 2 is 1.94 bits per heavy atom. The van der Waals surface area contributed by atoms with Crippen LogP contribution in [-0.4, -0.2) is 21.1 Å². The second kappa shape index (κ2) is 4.75. The van der Waals surface area contributed by atoms with Crippen LogP contribution in [0.2, 0.25) is 0 Å². The minimum Gasteiger partial charge on any atom is -0.504 e. The molecule has 0 spiro atoms. The van der Waals surface area contributed by atoms with Crippen LogP contribution in [0.1, 0.15) is 10.4 Å². The number of nitrogens with one attached hydrogen (secondary N) is 1. The van der Waals surface area contributed by atoms with Crippen molar-refractivity contribution in [2.45, 2.75) is 0 Å². The fraction of sp³-hybridized carbons (Fsp3) is 0. The summed E-state index contributed by atoms with van der Waals surface area (Å²) in [7, 11) is 3.28. The van der Waals surface area contributed by atoms with Crippen molar-refractivity contribution in [3.8, 4) is 22.8 Å². The van der Waals surface area contributed by atoms with Crippen LogP contribution in [0.4, 0.5) is 0 Å². The molecule has 0 fully saturated rings.